The van der Waals surface area contributed by atoms with Crippen molar-refractivity contribution in [3.05, 3.63) is 65.7 Å². The molecule has 0 spiro atoms. The van der Waals surface area contributed by atoms with Gasteiger partial charge in [0, 0.05) is 6.04 Å². The first kappa shape index (κ1) is 20.0. The summed E-state index contributed by atoms with van der Waals surface area (Å²) >= 11 is 0. The number of carbonyl (C=O) groups excluding carboxylic acids is 1. The fourth-order valence-corrected chi connectivity index (χ4v) is 4.90. The van der Waals surface area contributed by atoms with Crippen LogP contribution in [0.3, 0.4) is 0 Å². The van der Waals surface area contributed by atoms with Crippen molar-refractivity contribution in [3.63, 3.8) is 0 Å². The maximum atomic E-state index is 12.3. The van der Waals surface area contributed by atoms with E-state index < -0.39 is 0 Å². The summed E-state index contributed by atoms with van der Waals surface area (Å²) in [5, 5.41) is 0. The highest BCUT2D eigenvalue weighted by Crippen LogP contribution is 2.36. The zero-order valence-electron chi connectivity index (χ0n) is 17.3. The van der Waals surface area contributed by atoms with Crippen molar-refractivity contribution in [2.45, 2.75) is 56.6 Å². The summed E-state index contributed by atoms with van der Waals surface area (Å²) < 4.78 is 11.3. The largest absolute Gasteiger partial charge is 0.496 e. The molecule has 0 N–H and O–H groups in total. The number of likely N-dealkylation sites (tertiary alicyclic amines) is 1. The van der Waals surface area contributed by atoms with Gasteiger partial charge in [-0.15, -0.1) is 0 Å². The molecule has 2 aromatic carbocycles. The number of para-hydroxylation sites is 1. The van der Waals surface area contributed by atoms with Gasteiger partial charge in [-0.05, 0) is 81.3 Å². The van der Waals surface area contributed by atoms with E-state index in [1.54, 1.807) is 7.11 Å². The zero-order chi connectivity index (χ0) is 20.1. The molecule has 0 unspecified atom stereocenters. The molecule has 2 aromatic rings. The Bertz CT molecular complexity index is 791. The van der Waals surface area contributed by atoms with E-state index in [0.717, 1.165) is 44.5 Å². The van der Waals surface area contributed by atoms with E-state index in [1.807, 2.05) is 36.4 Å². The van der Waals surface area contributed by atoms with Crippen LogP contribution in [0, 0.1) is 0 Å². The van der Waals surface area contributed by atoms with E-state index >= 15 is 0 Å². The molecule has 0 atom stereocenters. The maximum absolute atomic E-state index is 12.3. The highest BCUT2D eigenvalue weighted by molar-refractivity contribution is 5.89. The lowest BCUT2D eigenvalue weighted by Crippen LogP contribution is -2.43. The Morgan fingerprint density at radius 2 is 1.52 bits per heavy atom. The Kier molecular flexibility index (Phi) is 6.50. The van der Waals surface area contributed by atoms with Crippen molar-refractivity contribution in [2.75, 3.05) is 20.2 Å². The van der Waals surface area contributed by atoms with Crippen LogP contribution >= 0.6 is 0 Å². The molecule has 1 saturated heterocycles. The molecule has 4 nitrogen and oxygen atoms in total. The number of ether oxygens (including phenoxy) is 2. The lowest BCUT2D eigenvalue weighted by molar-refractivity contribution is 0.00876. The summed E-state index contributed by atoms with van der Waals surface area (Å²) in [5.41, 5.74) is 2.00. The third-order valence-electron chi connectivity index (χ3n) is 6.55. The van der Waals surface area contributed by atoms with E-state index in [0.29, 0.717) is 17.5 Å². The Labute approximate surface area is 173 Å². The van der Waals surface area contributed by atoms with E-state index in [2.05, 4.69) is 23.1 Å². The number of methoxy groups -OCH3 is 1. The van der Waals surface area contributed by atoms with Gasteiger partial charge in [-0.1, -0.05) is 36.4 Å². The number of benzene rings is 2. The Balaban J connectivity index is 1.24. The number of piperidine rings is 1. The summed E-state index contributed by atoms with van der Waals surface area (Å²) in [4.78, 5) is 14.9. The average Bonchev–Trinajstić information content (AvgIpc) is 2.80. The van der Waals surface area contributed by atoms with Gasteiger partial charge >= 0.3 is 5.97 Å². The molecule has 1 aliphatic heterocycles. The Morgan fingerprint density at radius 3 is 2.21 bits per heavy atom. The van der Waals surface area contributed by atoms with E-state index in [-0.39, 0.29) is 12.1 Å². The third kappa shape index (κ3) is 4.81. The van der Waals surface area contributed by atoms with Crippen LogP contribution in [-0.4, -0.2) is 43.2 Å². The number of hydrogen-bond acceptors (Lipinski definition) is 4. The molecule has 1 aliphatic carbocycles. The minimum atomic E-state index is -0.188. The second-order valence-electron chi connectivity index (χ2n) is 8.25. The quantitative estimate of drug-likeness (QED) is 0.667. The first-order valence-corrected chi connectivity index (χ1v) is 10.9. The van der Waals surface area contributed by atoms with Gasteiger partial charge in [0.15, 0.2) is 0 Å². The first-order chi connectivity index (χ1) is 14.2. The van der Waals surface area contributed by atoms with Crippen molar-refractivity contribution in [1.82, 2.24) is 4.90 Å². The van der Waals surface area contributed by atoms with E-state index in [4.69, 9.17) is 9.47 Å². The lowest BCUT2D eigenvalue weighted by atomic mass is 9.85. The Hall–Kier alpha value is -2.33. The number of nitrogens with zero attached hydrogens (tertiary/aromatic N) is 1. The standard InChI is InChI=1S/C25H31NO3/c1-28-24-10-6-5-9-23(24)19-15-17-26(18-16-19)21-11-13-22(14-12-21)29-25(27)20-7-3-2-4-8-20/h2-10,19,21-22H,11-18H2,1H3. The summed E-state index contributed by atoms with van der Waals surface area (Å²) in [5.74, 6) is 1.42. The molecule has 2 fully saturated rings. The molecule has 0 radical (unpaired) electrons. The second kappa shape index (κ2) is 9.45. The van der Waals surface area contributed by atoms with Crippen molar-refractivity contribution < 1.29 is 14.3 Å². The monoisotopic (exact) mass is 393 g/mol. The van der Waals surface area contributed by atoms with Gasteiger partial charge in [0.05, 0.1) is 12.7 Å². The third-order valence-corrected chi connectivity index (χ3v) is 6.55. The fourth-order valence-electron chi connectivity index (χ4n) is 4.90. The fraction of sp³-hybridized carbons (Fsp3) is 0.480. The van der Waals surface area contributed by atoms with Crippen LogP contribution in [0.25, 0.3) is 0 Å². The minimum Gasteiger partial charge on any atom is -0.496 e. The second-order valence-corrected chi connectivity index (χ2v) is 8.25. The molecule has 4 rings (SSSR count). The van der Waals surface area contributed by atoms with E-state index in [1.165, 1.54) is 18.4 Å². The van der Waals surface area contributed by atoms with Crippen LogP contribution in [0.15, 0.2) is 54.6 Å². The first-order valence-electron chi connectivity index (χ1n) is 10.9. The van der Waals surface area contributed by atoms with Crippen LogP contribution in [0.1, 0.15) is 60.4 Å². The lowest BCUT2D eigenvalue weighted by Gasteiger charge is -2.40. The maximum Gasteiger partial charge on any atom is 0.338 e. The molecule has 1 heterocycles. The molecular weight excluding hydrogens is 362 g/mol. The smallest absolute Gasteiger partial charge is 0.338 e. The molecule has 1 saturated carbocycles. The Morgan fingerprint density at radius 1 is 0.862 bits per heavy atom. The molecule has 2 aliphatic rings. The SMILES string of the molecule is COc1ccccc1C1CCN(C2CCC(OC(=O)c3ccccc3)CC2)CC1. The highest BCUT2D eigenvalue weighted by atomic mass is 16.5. The molecular formula is C25H31NO3. The summed E-state index contributed by atoms with van der Waals surface area (Å²) in [6.07, 6.45) is 6.60. The van der Waals surface area contributed by atoms with Gasteiger partial charge < -0.3 is 14.4 Å². The molecule has 0 amide bonds. The van der Waals surface area contributed by atoms with Gasteiger partial charge in [-0.2, -0.15) is 0 Å². The molecule has 4 heteroatoms. The van der Waals surface area contributed by atoms with Gasteiger partial charge in [-0.25, -0.2) is 4.79 Å². The van der Waals surface area contributed by atoms with Crippen molar-refractivity contribution in [2.24, 2.45) is 0 Å². The van der Waals surface area contributed by atoms with Gasteiger partial charge in [0.25, 0.3) is 0 Å². The number of esters is 1. The zero-order valence-corrected chi connectivity index (χ0v) is 17.3. The van der Waals surface area contributed by atoms with Crippen LogP contribution in [-0.2, 0) is 4.74 Å². The number of hydrogen-bond donors (Lipinski definition) is 0. The number of carbonyl (C=O) groups is 1. The normalized spacial score (nSPS) is 23.5. The number of rotatable bonds is 5. The molecule has 154 valence electrons. The molecule has 0 bridgehead atoms. The molecule has 0 aromatic heterocycles. The van der Waals surface area contributed by atoms with Crippen molar-refractivity contribution in [1.29, 1.82) is 0 Å². The predicted molar refractivity (Wildman–Crippen MR) is 114 cm³/mol. The van der Waals surface area contributed by atoms with Crippen LogP contribution < -0.4 is 4.74 Å². The van der Waals surface area contributed by atoms with Crippen LogP contribution in [0.5, 0.6) is 5.75 Å². The summed E-state index contributed by atoms with van der Waals surface area (Å²) in [7, 11) is 1.76. The summed E-state index contributed by atoms with van der Waals surface area (Å²) in [6.45, 7) is 2.28. The topological polar surface area (TPSA) is 38.8 Å². The van der Waals surface area contributed by atoms with Gasteiger partial charge in [0.1, 0.15) is 11.9 Å². The van der Waals surface area contributed by atoms with Crippen molar-refractivity contribution >= 4 is 5.97 Å². The van der Waals surface area contributed by atoms with Gasteiger partial charge in [0.2, 0.25) is 0 Å². The van der Waals surface area contributed by atoms with Gasteiger partial charge in [-0.3, -0.25) is 0 Å². The van der Waals surface area contributed by atoms with Crippen LogP contribution in [0.4, 0.5) is 0 Å². The minimum absolute atomic E-state index is 0.0603. The highest BCUT2D eigenvalue weighted by Gasteiger charge is 2.31. The summed E-state index contributed by atoms with van der Waals surface area (Å²) in [6, 6.07) is 18.4. The predicted octanol–water partition coefficient (Wildman–Crippen LogP) is 5.04. The van der Waals surface area contributed by atoms with Crippen LogP contribution in [0.2, 0.25) is 0 Å². The van der Waals surface area contributed by atoms with Crippen molar-refractivity contribution in [3.8, 4) is 5.75 Å². The molecule has 29 heavy (non-hydrogen) atoms. The van der Waals surface area contributed by atoms with E-state index in [9.17, 15) is 4.79 Å². The average molecular weight is 394 g/mol.